The van der Waals surface area contributed by atoms with E-state index in [1.165, 1.54) is 0 Å². The van der Waals surface area contributed by atoms with Crippen LogP contribution in [0.5, 0.6) is 0 Å². The molecule has 1 rings (SSSR count). The van der Waals surface area contributed by atoms with Gasteiger partial charge < -0.3 is 15.2 Å². The smallest absolute Gasteiger partial charge is 0.223 e. The van der Waals surface area contributed by atoms with Gasteiger partial charge in [-0.15, -0.1) is 0 Å². The summed E-state index contributed by atoms with van der Waals surface area (Å²) in [6.07, 6.45) is 2.28. The number of amides is 1. The van der Waals surface area contributed by atoms with E-state index in [-0.39, 0.29) is 11.8 Å². The number of carbonyl (C=O) groups is 1. The van der Waals surface area contributed by atoms with Gasteiger partial charge in [-0.05, 0) is 32.1 Å². The van der Waals surface area contributed by atoms with Crippen molar-refractivity contribution < 1.29 is 14.6 Å². The summed E-state index contributed by atoms with van der Waals surface area (Å²) in [7, 11) is 0. The molecule has 0 aromatic heterocycles. The Morgan fingerprint density at radius 1 is 1.47 bits per heavy atom. The zero-order valence-corrected chi connectivity index (χ0v) is 11.2. The van der Waals surface area contributed by atoms with Crippen LogP contribution in [-0.2, 0) is 9.53 Å². The molecule has 1 unspecified atom stereocenters. The predicted octanol–water partition coefficient (Wildman–Crippen LogP) is 1.33. The van der Waals surface area contributed by atoms with Gasteiger partial charge in [-0.2, -0.15) is 0 Å². The lowest BCUT2D eigenvalue weighted by atomic mass is 9.93. The molecule has 0 bridgehead atoms. The molecular weight excluding hydrogens is 218 g/mol. The van der Waals surface area contributed by atoms with Crippen LogP contribution in [0.4, 0.5) is 0 Å². The first kappa shape index (κ1) is 14.5. The summed E-state index contributed by atoms with van der Waals surface area (Å²) in [5.74, 6) is 0.529. The van der Waals surface area contributed by atoms with Crippen LogP contribution in [0, 0.1) is 11.8 Å². The van der Waals surface area contributed by atoms with E-state index in [9.17, 15) is 9.90 Å². The minimum atomic E-state index is -0.811. The largest absolute Gasteiger partial charge is 0.388 e. The van der Waals surface area contributed by atoms with Crippen LogP contribution < -0.4 is 5.32 Å². The van der Waals surface area contributed by atoms with Crippen LogP contribution in [0.25, 0.3) is 0 Å². The number of aliphatic hydroxyl groups is 1. The van der Waals surface area contributed by atoms with Gasteiger partial charge in [0.1, 0.15) is 0 Å². The van der Waals surface area contributed by atoms with E-state index in [2.05, 4.69) is 19.2 Å². The molecule has 0 spiro atoms. The lowest BCUT2D eigenvalue weighted by Crippen LogP contribution is -2.44. The molecule has 1 amide bonds. The van der Waals surface area contributed by atoms with Gasteiger partial charge in [-0.3, -0.25) is 4.79 Å². The van der Waals surface area contributed by atoms with Crippen LogP contribution >= 0.6 is 0 Å². The number of hydrogen-bond acceptors (Lipinski definition) is 3. The molecule has 0 saturated carbocycles. The van der Waals surface area contributed by atoms with Crippen LogP contribution in [0.15, 0.2) is 0 Å². The molecule has 17 heavy (non-hydrogen) atoms. The summed E-state index contributed by atoms with van der Waals surface area (Å²) in [5, 5.41) is 12.9. The quantitative estimate of drug-likeness (QED) is 0.766. The van der Waals surface area contributed by atoms with Crippen LogP contribution in [-0.4, -0.2) is 36.4 Å². The van der Waals surface area contributed by atoms with Crippen molar-refractivity contribution in [3.8, 4) is 0 Å². The van der Waals surface area contributed by atoms with Gasteiger partial charge in [0, 0.05) is 25.7 Å². The maximum atomic E-state index is 11.9. The third-order valence-corrected chi connectivity index (χ3v) is 3.08. The third kappa shape index (κ3) is 5.50. The Labute approximate surface area is 104 Å². The van der Waals surface area contributed by atoms with E-state index < -0.39 is 5.60 Å². The molecule has 1 atom stereocenters. The lowest BCUT2D eigenvalue weighted by molar-refractivity contribution is -0.129. The Morgan fingerprint density at radius 3 is 2.59 bits per heavy atom. The van der Waals surface area contributed by atoms with E-state index in [4.69, 9.17) is 4.74 Å². The van der Waals surface area contributed by atoms with Gasteiger partial charge in [0.15, 0.2) is 0 Å². The molecule has 0 aliphatic carbocycles. The molecule has 1 heterocycles. The van der Waals surface area contributed by atoms with Crippen molar-refractivity contribution in [2.24, 2.45) is 11.8 Å². The number of ether oxygens (including phenoxy) is 1. The highest BCUT2D eigenvalue weighted by molar-refractivity contribution is 5.78. The van der Waals surface area contributed by atoms with Crippen molar-refractivity contribution in [2.45, 2.75) is 45.6 Å². The van der Waals surface area contributed by atoms with Gasteiger partial charge in [0.25, 0.3) is 0 Å². The van der Waals surface area contributed by atoms with Crippen molar-refractivity contribution in [3.05, 3.63) is 0 Å². The minimum Gasteiger partial charge on any atom is -0.388 e. The molecule has 1 fully saturated rings. The highest BCUT2D eigenvalue weighted by atomic mass is 16.5. The molecule has 0 radical (unpaired) electrons. The normalized spacial score (nSPS) is 21.2. The fourth-order valence-corrected chi connectivity index (χ4v) is 2.33. The monoisotopic (exact) mass is 243 g/mol. The third-order valence-electron chi connectivity index (χ3n) is 3.08. The number of rotatable bonds is 5. The summed E-state index contributed by atoms with van der Waals surface area (Å²) in [6, 6.07) is 0. The average molecular weight is 243 g/mol. The summed E-state index contributed by atoms with van der Waals surface area (Å²) < 4.78 is 5.22. The maximum Gasteiger partial charge on any atom is 0.223 e. The first-order valence-electron chi connectivity index (χ1n) is 6.48. The number of carbonyl (C=O) groups excluding carboxylic acids is 1. The first-order chi connectivity index (χ1) is 7.91. The van der Waals surface area contributed by atoms with Gasteiger partial charge in [0.2, 0.25) is 5.91 Å². The highest BCUT2D eigenvalue weighted by Gasteiger charge is 2.26. The van der Waals surface area contributed by atoms with Gasteiger partial charge >= 0.3 is 0 Å². The van der Waals surface area contributed by atoms with Gasteiger partial charge in [0.05, 0.1) is 5.60 Å². The second kappa shape index (κ2) is 6.36. The fourth-order valence-electron chi connectivity index (χ4n) is 2.33. The van der Waals surface area contributed by atoms with Crippen LogP contribution in [0.1, 0.15) is 40.0 Å². The number of hydrogen-bond donors (Lipinski definition) is 2. The zero-order chi connectivity index (χ0) is 12.9. The molecule has 4 heteroatoms. The zero-order valence-electron chi connectivity index (χ0n) is 11.2. The Kier molecular flexibility index (Phi) is 5.40. The SMILES string of the molecule is CC(C)CC(C)(O)CNC(=O)C1CCOCC1. The topological polar surface area (TPSA) is 58.6 Å². The minimum absolute atomic E-state index is 0.0531. The summed E-state index contributed by atoms with van der Waals surface area (Å²) in [6.45, 7) is 7.57. The van der Waals surface area contributed by atoms with Gasteiger partial charge in [-0.25, -0.2) is 0 Å². The van der Waals surface area contributed by atoms with Gasteiger partial charge in [-0.1, -0.05) is 13.8 Å². The molecule has 100 valence electrons. The molecule has 1 saturated heterocycles. The summed E-state index contributed by atoms with van der Waals surface area (Å²) >= 11 is 0. The molecule has 0 aromatic carbocycles. The van der Waals surface area contributed by atoms with E-state index in [1.807, 2.05) is 0 Å². The van der Waals surface area contributed by atoms with Crippen molar-refractivity contribution in [1.29, 1.82) is 0 Å². The fraction of sp³-hybridized carbons (Fsp3) is 0.923. The Morgan fingerprint density at radius 2 is 2.06 bits per heavy atom. The maximum absolute atomic E-state index is 11.9. The van der Waals surface area contributed by atoms with Crippen molar-refractivity contribution in [1.82, 2.24) is 5.32 Å². The molecule has 0 aromatic rings. The highest BCUT2D eigenvalue weighted by Crippen LogP contribution is 2.17. The number of nitrogens with one attached hydrogen (secondary N) is 1. The summed E-state index contributed by atoms with van der Waals surface area (Å²) in [5.41, 5.74) is -0.811. The van der Waals surface area contributed by atoms with Crippen LogP contribution in [0.2, 0.25) is 0 Å². The molecule has 1 aliphatic rings. The van der Waals surface area contributed by atoms with E-state index in [1.54, 1.807) is 6.92 Å². The molecule has 4 nitrogen and oxygen atoms in total. The molecule has 1 aliphatic heterocycles. The average Bonchev–Trinajstić information content (AvgIpc) is 2.25. The second-order valence-corrected chi connectivity index (χ2v) is 5.70. The Balaban J connectivity index is 2.31. The van der Waals surface area contributed by atoms with E-state index in [0.717, 1.165) is 12.8 Å². The second-order valence-electron chi connectivity index (χ2n) is 5.70. The Hall–Kier alpha value is -0.610. The van der Waals surface area contributed by atoms with Crippen molar-refractivity contribution in [2.75, 3.05) is 19.8 Å². The Bertz CT molecular complexity index is 245. The van der Waals surface area contributed by atoms with Crippen LogP contribution in [0.3, 0.4) is 0 Å². The van der Waals surface area contributed by atoms with Crippen molar-refractivity contribution in [3.63, 3.8) is 0 Å². The van der Waals surface area contributed by atoms with E-state index in [0.29, 0.717) is 32.1 Å². The van der Waals surface area contributed by atoms with Crippen molar-refractivity contribution >= 4 is 5.91 Å². The standard InChI is InChI=1S/C13H25NO3/c1-10(2)8-13(3,16)9-14-12(15)11-4-6-17-7-5-11/h10-11,16H,4-9H2,1-3H3,(H,14,15). The summed E-state index contributed by atoms with van der Waals surface area (Å²) in [4.78, 5) is 11.9. The first-order valence-corrected chi connectivity index (χ1v) is 6.48. The molecular formula is C13H25NO3. The van der Waals surface area contributed by atoms with E-state index >= 15 is 0 Å². The molecule has 2 N–H and O–H groups in total. The lowest BCUT2D eigenvalue weighted by Gasteiger charge is -2.27. The predicted molar refractivity (Wildman–Crippen MR) is 66.6 cm³/mol.